The summed E-state index contributed by atoms with van der Waals surface area (Å²) in [5.41, 5.74) is 5.53. The lowest BCUT2D eigenvalue weighted by Crippen LogP contribution is -2.01. The van der Waals surface area contributed by atoms with Crippen molar-refractivity contribution in [1.82, 2.24) is 9.55 Å². The molecule has 1 heterocycles. The summed E-state index contributed by atoms with van der Waals surface area (Å²) in [5, 5.41) is 0. The van der Waals surface area contributed by atoms with Gasteiger partial charge in [0.1, 0.15) is 5.82 Å². The first-order chi connectivity index (χ1) is 6.34. The Morgan fingerprint density at radius 3 is 2.85 bits per heavy atom. The van der Waals surface area contributed by atoms with Crippen LogP contribution in [-0.4, -0.2) is 9.55 Å². The second-order valence-corrected chi connectivity index (χ2v) is 3.98. The Morgan fingerprint density at radius 1 is 1.46 bits per heavy atom. The molecule has 2 rings (SSSR count). The van der Waals surface area contributed by atoms with E-state index in [2.05, 4.69) is 9.55 Å². The van der Waals surface area contributed by atoms with E-state index in [9.17, 15) is 0 Å². The number of aryl methyl sites for hydroxylation is 1. The molecule has 0 aromatic carbocycles. The van der Waals surface area contributed by atoms with E-state index in [0.29, 0.717) is 5.82 Å². The molecule has 13 heavy (non-hydrogen) atoms. The molecule has 72 valence electrons. The Kier molecular flexibility index (Phi) is 2.52. The number of hydrogen-bond acceptors (Lipinski definition) is 2. The van der Waals surface area contributed by atoms with E-state index in [1.165, 1.54) is 32.1 Å². The number of nitrogens with zero attached hydrogens (tertiary/aromatic N) is 2. The van der Waals surface area contributed by atoms with Gasteiger partial charge in [0, 0.05) is 12.7 Å². The lowest BCUT2D eigenvalue weighted by atomic mass is 10.0. The largest absolute Gasteiger partial charge is 0.382 e. The van der Waals surface area contributed by atoms with Gasteiger partial charge in [-0.3, -0.25) is 0 Å². The van der Waals surface area contributed by atoms with Crippen molar-refractivity contribution in [3.63, 3.8) is 0 Å². The van der Waals surface area contributed by atoms with Crippen LogP contribution < -0.4 is 5.73 Å². The Labute approximate surface area is 79.0 Å². The Bertz CT molecular complexity index is 261. The van der Waals surface area contributed by atoms with Crippen molar-refractivity contribution in [3.05, 3.63) is 12.5 Å². The van der Waals surface area contributed by atoms with Gasteiger partial charge in [0.2, 0.25) is 0 Å². The zero-order valence-corrected chi connectivity index (χ0v) is 7.95. The highest BCUT2D eigenvalue weighted by molar-refractivity contribution is 5.22. The van der Waals surface area contributed by atoms with Gasteiger partial charge in [0.05, 0.1) is 6.33 Å². The molecule has 0 saturated heterocycles. The molecule has 1 fully saturated rings. The molecular formula is C10H17N3. The molecule has 0 aliphatic heterocycles. The van der Waals surface area contributed by atoms with Crippen LogP contribution in [0, 0.1) is 5.92 Å². The Hall–Kier alpha value is -0.990. The molecule has 0 radical (unpaired) electrons. The molecular weight excluding hydrogens is 162 g/mol. The second-order valence-electron chi connectivity index (χ2n) is 3.98. The standard InChI is InChI=1S/C10H17N3/c11-10-7-13(8-12-10)6-5-9-3-1-2-4-9/h7-9H,1-6,11H2. The van der Waals surface area contributed by atoms with Crippen LogP contribution in [0.15, 0.2) is 12.5 Å². The van der Waals surface area contributed by atoms with Crippen LogP contribution in [0.5, 0.6) is 0 Å². The van der Waals surface area contributed by atoms with Crippen LogP contribution in [-0.2, 0) is 6.54 Å². The molecule has 0 amide bonds. The number of anilines is 1. The van der Waals surface area contributed by atoms with Crippen molar-refractivity contribution >= 4 is 5.82 Å². The number of nitrogens with two attached hydrogens (primary N) is 1. The average molecular weight is 179 g/mol. The second kappa shape index (κ2) is 3.81. The SMILES string of the molecule is Nc1cn(CCC2CCCC2)cn1. The summed E-state index contributed by atoms with van der Waals surface area (Å²) in [6.07, 6.45) is 10.7. The maximum Gasteiger partial charge on any atom is 0.141 e. The predicted molar refractivity (Wildman–Crippen MR) is 53.2 cm³/mol. The first-order valence-electron chi connectivity index (χ1n) is 5.12. The number of imidazole rings is 1. The monoisotopic (exact) mass is 179 g/mol. The maximum atomic E-state index is 5.53. The van der Waals surface area contributed by atoms with Crippen molar-refractivity contribution in [3.8, 4) is 0 Å². The molecule has 1 saturated carbocycles. The van der Waals surface area contributed by atoms with E-state index in [1.807, 2.05) is 12.5 Å². The lowest BCUT2D eigenvalue weighted by Gasteiger charge is -2.08. The third-order valence-electron chi connectivity index (χ3n) is 2.92. The molecule has 0 spiro atoms. The van der Waals surface area contributed by atoms with E-state index >= 15 is 0 Å². The summed E-state index contributed by atoms with van der Waals surface area (Å²) in [6.45, 7) is 1.08. The smallest absolute Gasteiger partial charge is 0.141 e. The molecule has 1 aliphatic carbocycles. The molecule has 0 unspecified atom stereocenters. The summed E-state index contributed by atoms with van der Waals surface area (Å²) in [7, 11) is 0. The van der Waals surface area contributed by atoms with Crippen molar-refractivity contribution in [1.29, 1.82) is 0 Å². The lowest BCUT2D eigenvalue weighted by molar-refractivity contribution is 0.458. The highest BCUT2D eigenvalue weighted by Crippen LogP contribution is 2.27. The first kappa shape index (κ1) is 8.60. The summed E-state index contributed by atoms with van der Waals surface area (Å²) in [6, 6.07) is 0. The normalized spacial score (nSPS) is 18.2. The number of hydrogen-bond donors (Lipinski definition) is 1. The van der Waals surface area contributed by atoms with Gasteiger partial charge in [0.15, 0.2) is 0 Å². The molecule has 3 nitrogen and oxygen atoms in total. The average Bonchev–Trinajstić information content (AvgIpc) is 2.71. The van der Waals surface area contributed by atoms with E-state index in [1.54, 1.807) is 0 Å². The summed E-state index contributed by atoms with van der Waals surface area (Å²) < 4.78 is 2.09. The van der Waals surface area contributed by atoms with Gasteiger partial charge in [-0.15, -0.1) is 0 Å². The van der Waals surface area contributed by atoms with Crippen LogP contribution >= 0.6 is 0 Å². The number of nitrogen functional groups attached to an aromatic ring is 1. The van der Waals surface area contributed by atoms with Crippen molar-refractivity contribution < 1.29 is 0 Å². The zero-order valence-electron chi connectivity index (χ0n) is 7.95. The van der Waals surface area contributed by atoms with Gasteiger partial charge < -0.3 is 10.3 Å². The highest BCUT2D eigenvalue weighted by atomic mass is 15.1. The molecule has 0 atom stereocenters. The minimum Gasteiger partial charge on any atom is -0.382 e. The van der Waals surface area contributed by atoms with Crippen LogP contribution in [0.3, 0.4) is 0 Å². The highest BCUT2D eigenvalue weighted by Gasteiger charge is 2.14. The number of rotatable bonds is 3. The molecule has 1 aromatic heterocycles. The maximum absolute atomic E-state index is 5.53. The molecule has 3 heteroatoms. The summed E-state index contributed by atoms with van der Waals surface area (Å²) in [5.74, 6) is 1.58. The summed E-state index contributed by atoms with van der Waals surface area (Å²) >= 11 is 0. The topological polar surface area (TPSA) is 43.8 Å². The fraction of sp³-hybridized carbons (Fsp3) is 0.700. The minimum absolute atomic E-state index is 0.631. The van der Waals surface area contributed by atoms with Gasteiger partial charge in [-0.25, -0.2) is 4.98 Å². The van der Waals surface area contributed by atoms with Crippen molar-refractivity contribution in [2.24, 2.45) is 5.92 Å². The van der Waals surface area contributed by atoms with E-state index in [-0.39, 0.29) is 0 Å². The Morgan fingerprint density at radius 2 is 2.23 bits per heavy atom. The minimum atomic E-state index is 0.631. The predicted octanol–water partition coefficient (Wildman–Crippen LogP) is 2.05. The van der Waals surface area contributed by atoms with Gasteiger partial charge in [-0.05, 0) is 12.3 Å². The zero-order chi connectivity index (χ0) is 9.10. The fourth-order valence-electron chi connectivity index (χ4n) is 2.13. The van der Waals surface area contributed by atoms with E-state index in [0.717, 1.165) is 12.5 Å². The summed E-state index contributed by atoms with van der Waals surface area (Å²) in [4.78, 5) is 4.00. The Balaban J connectivity index is 1.78. The first-order valence-corrected chi connectivity index (χ1v) is 5.12. The molecule has 1 aliphatic rings. The fourth-order valence-corrected chi connectivity index (χ4v) is 2.13. The van der Waals surface area contributed by atoms with Gasteiger partial charge in [-0.2, -0.15) is 0 Å². The quantitative estimate of drug-likeness (QED) is 0.771. The molecule has 0 bridgehead atoms. The molecule has 2 N–H and O–H groups in total. The van der Waals surface area contributed by atoms with Crippen molar-refractivity contribution in [2.45, 2.75) is 38.6 Å². The van der Waals surface area contributed by atoms with Gasteiger partial charge in [-0.1, -0.05) is 25.7 Å². The van der Waals surface area contributed by atoms with Crippen LogP contribution in [0.2, 0.25) is 0 Å². The molecule has 1 aromatic rings. The number of aromatic nitrogens is 2. The van der Waals surface area contributed by atoms with Crippen LogP contribution in [0.4, 0.5) is 5.82 Å². The van der Waals surface area contributed by atoms with Gasteiger partial charge >= 0.3 is 0 Å². The van der Waals surface area contributed by atoms with Crippen molar-refractivity contribution in [2.75, 3.05) is 5.73 Å². The van der Waals surface area contributed by atoms with Gasteiger partial charge in [0.25, 0.3) is 0 Å². The third-order valence-corrected chi connectivity index (χ3v) is 2.92. The van der Waals surface area contributed by atoms with E-state index in [4.69, 9.17) is 5.73 Å². The third kappa shape index (κ3) is 2.23. The van der Waals surface area contributed by atoms with Crippen LogP contribution in [0.1, 0.15) is 32.1 Å². The van der Waals surface area contributed by atoms with E-state index < -0.39 is 0 Å². The van der Waals surface area contributed by atoms with Crippen LogP contribution in [0.25, 0.3) is 0 Å².